The monoisotopic (exact) mass is 441 g/mol. The Morgan fingerprint density at radius 3 is 2.75 bits per heavy atom. The molecular weight excluding hydrogens is 420 g/mol. The summed E-state index contributed by atoms with van der Waals surface area (Å²) < 4.78 is 33.8. The predicted molar refractivity (Wildman–Crippen MR) is 111 cm³/mol. The molecule has 3 heterocycles. The number of hydrogen-bond acceptors (Lipinski definition) is 7. The molecule has 3 aromatic rings. The minimum atomic E-state index is -1.09. The van der Waals surface area contributed by atoms with Crippen molar-refractivity contribution in [2.24, 2.45) is 0 Å². The molecule has 1 aliphatic heterocycles. The zero-order chi connectivity index (χ0) is 22.7. The molecular formula is C22H21F2N5O3. The van der Waals surface area contributed by atoms with E-state index >= 15 is 0 Å². The molecule has 0 aliphatic carbocycles. The highest BCUT2D eigenvalue weighted by molar-refractivity contribution is 5.66. The number of aliphatic carboxylic acids is 1. The van der Waals surface area contributed by atoms with Crippen molar-refractivity contribution in [1.29, 1.82) is 0 Å². The molecule has 0 fully saturated rings. The second kappa shape index (κ2) is 9.21. The molecule has 166 valence electrons. The Bertz CT molecular complexity index is 1130. The Morgan fingerprint density at radius 1 is 1.22 bits per heavy atom. The summed E-state index contributed by atoms with van der Waals surface area (Å²) in [7, 11) is 0. The van der Waals surface area contributed by atoms with E-state index in [2.05, 4.69) is 19.9 Å². The maximum absolute atomic E-state index is 14.3. The van der Waals surface area contributed by atoms with Crippen LogP contribution < -0.4 is 9.64 Å². The van der Waals surface area contributed by atoms with Crippen LogP contribution >= 0.6 is 0 Å². The quantitative estimate of drug-likeness (QED) is 0.555. The van der Waals surface area contributed by atoms with Crippen LogP contribution in [0.2, 0.25) is 0 Å². The number of carboxylic acids is 1. The fourth-order valence-corrected chi connectivity index (χ4v) is 3.67. The highest BCUT2D eigenvalue weighted by Gasteiger charge is 2.28. The summed E-state index contributed by atoms with van der Waals surface area (Å²) in [4.78, 5) is 29.9. The summed E-state index contributed by atoms with van der Waals surface area (Å²) in [6, 6.07) is 4.10. The molecule has 1 N–H and O–H groups in total. The van der Waals surface area contributed by atoms with Gasteiger partial charge >= 0.3 is 5.97 Å². The molecule has 1 unspecified atom stereocenters. The van der Waals surface area contributed by atoms with Crippen LogP contribution in [-0.4, -0.2) is 44.2 Å². The summed E-state index contributed by atoms with van der Waals surface area (Å²) in [5.41, 5.74) is 2.20. The number of halogens is 2. The van der Waals surface area contributed by atoms with Gasteiger partial charge in [0.25, 0.3) is 0 Å². The molecule has 0 spiro atoms. The molecule has 1 aliphatic rings. The number of carbonyl (C=O) groups is 1. The summed E-state index contributed by atoms with van der Waals surface area (Å²) in [5.74, 6) is -2.45. The first-order valence-corrected chi connectivity index (χ1v) is 10.2. The maximum atomic E-state index is 14.3. The van der Waals surface area contributed by atoms with Crippen LogP contribution in [0.4, 0.5) is 14.5 Å². The molecule has 0 bridgehead atoms. The van der Waals surface area contributed by atoms with Gasteiger partial charge in [-0.05, 0) is 19.4 Å². The Morgan fingerprint density at radius 2 is 2.00 bits per heavy atom. The van der Waals surface area contributed by atoms with E-state index in [1.165, 1.54) is 6.07 Å². The van der Waals surface area contributed by atoms with E-state index in [0.717, 1.165) is 17.3 Å². The fourth-order valence-electron chi connectivity index (χ4n) is 3.67. The van der Waals surface area contributed by atoms with E-state index in [1.54, 1.807) is 24.7 Å². The van der Waals surface area contributed by atoms with Crippen molar-refractivity contribution in [3.05, 3.63) is 59.7 Å². The molecule has 0 radical (unpaired) electrons. The van der Waals surface area contributed by atoms with Crippen molar-refractivity contribution in [1.82, 2.24) is 19.9 Å². The van der Waals surface area contributed by atoms with Gasteiger partial charge in [-0.3, -0.25) is 4.79 Å². The zero-order valence-electron chi connectivity index (χ0n) is 17.3. The smallest absolute Gasteiger partial charge is 0.303 e. The second-order valence-corrected chi connectivity index (χ2v) is 7.37. The number of ether oxygens (including phenoxy) is 1. The Kier molecular flexibility index (Phi) is 6.20. The molecule has 0 saturated heterocycles. The van der Waals surface area contributed by atoms with Crippen molar-refractivity contribution >= 4 is 11.7 Å². The van der Waals surface area contributed by atoms with Crippen LogP contribution in [0.3, 0.4) is 0 Å². The lowest BCUT2D eigenvalue weighted by Crippen LogP contribution is -2.35. The molecule has 0 amide bonds. The first kappa shape index (κ1) is 21.5. The molecule has 2 aromatic heterocycles. The van der Waals surface area contributed by atoms with E-state index in [4.69, 9.17) is 9.84 Å². The van der Waals surface area contributed by atoms with Gasteiger partial charge in [-0.1, -0.05) is 0 Å². The standard InChI is InChI=1S/C22H21F2N5O3/c1-13-15-12-27-22(21-25-6-3-7-26-21)28-17(15)5-8-29(13)14-10-16(23)20(24)18(11-14)32-9-2-4-19(30)31/h3,6-7,10-13H,2,4-5,8-9H2,1H3,(H,30,31). The zero-order valence-corrected chi connectivity index (χ0v) is 17.3. The van der Waals surface area contributed by atoms with Crippen LogP contribution in [0.15, 0.2) is 36.8 Å². The van der Waals surface area contributed by atoms with Gasteiger partial charge in [0, 0.05) is 61.4 Å². The van der Waals surface area contributed by atoms with Crippen molar-refractivity contribution in [2.45, 2.75) is 32.2 Å². The van der Waals surface area contributed by atoms with Gasteiger partial charge in [0.15, 0.2) is 23.2 Å². The van der Waals surface area contributed by atoms with Crippen LogP contribution in [0.5, 0.6) is 5.75 Å². The molecule has 4 rings (SSSR count). The average Bonchev–Trinajstić information content (AvgIpc) is 2.79. The van der Waals surface area contributed by atoms with E-state index < -0.39 is 17.6 Å². The molecule has 10 heteroatoms. The number of hydrogen-bond donors (Lipinski definition) is 1. The molecule has 0 saturated carbocycles. The van der Waals surface area contributed by atoms with Gasteiger partial charge in [0.1, 0.15) is 0 Å². The minimum absolute atomic E-state index is 0.0251. The topological polar surface area (TPSA) is 101 Å². The lowest BCUT2D eigenvalue weighted by atomic mass is 9.98. The van der Waals surface area contributed by atoms with Gasteiger partial charge in [-0.25, -0.2) is 24.3 Å². The molecule has 8 nitrogen and oxygen atoms in total. The molecule has 32 heavy (non-hydrogen) atoms. The third-order valence-corrected chi connectivity index (χ3v) is 5.28. The van der Waals surface area contributed by atoms with Gasteiger partial charge in [0.2, 0.25) is 5.82 Å². The average molecular weight is 441 g/mol. The Balaban J connectivity index is 1.56. The minimum Gasteiger partial charge on any atom is -0.490 e. The van der Waals surface area contributed by atoms with Crippen LogP contribution in [0.1, 0.15) is 37.1 Å². The van der Waals surface area contributed by atoms with Crippen LogP contribution in [0, 0.1) is 11.6 Å². The number of anilines is 1. The lowest BCUT2D eigenvalue weighted by molar-refractivity contribution is -0.137. The van der Waals surface area contributed by atoms with E-state index in [1.807, 2.05) is 11.8 Å². The van der Waals surface area contributed by atoms with Crippen molar-refractivity contribution in [3.8, 4) is 17.4 Å². The first-order chi connectivity index (χ1) is 15.4. The SMILES string of the molecule is CC1c2cnc(-c3ncccn3)nc2CCN1c1cc(F)c(F)c(OCCCC(=O)O)c1. The number of aromatic nitrogens is 4. The number of carboxylic acid groups (broad SMARTS) is 1. The van der Waals surface area contributed by atoms with E-state index in [9.17, 15) is 13.6 Å². The summed E-state index contributed by atoms with van der Waals surface area (Å²) >= 11 is 0. The highest BCUT2D eigenvalue weighted by atomic mass is 19.2. The highest BCUT2D eigenvalue weighted by Crippen LogP contribution is 2.36. The van der Waals surface area contributed by atoms with Gasteiger partial charge in [-0.15, -0.1) is 0 Å². The van der Waals surface area contributed by atoms with Gasteiger partial charge in [0.05, 0.1) is 18.3 Å². The van der Waals surface area contributed by atoms with Crippen LogP contribution in [-0.2, 0) is 11.2 Å². The number of nitrogens with zero attached hydrogens (tertiary/aromatic N) is 5. The number of fused-ring (bicyclic) bond motifs is 1. The van der Waals surface area contributed by atoms with Crippen LogP contribution in [0.25, 0.3) is 11.6 Å². The van der Waals surface area contributed by atoms with Gasteiger partial charge in [-0.2, -0.15) is 4.39 Å². The second-order valence-electron chi connectivity index (χ2n) is 7.37. The summed E-state index contributed by atoms with van der Waals surface area (Å²) in [6.45, 7) is 2.45. The third kappa shape index (κ3) is 4.48. The Labute approximate surface area is 182 Å². The van der Waals surface area contributed by atoms with Crippen molar-refractivity contribution < 1.29 is 23.4 Å². The summed E-state index contributed by atoms with van der Waals surface area (Å²) in [5, 5.41) is 8.70. The lowest BCUT2D eigenvalue weighted by Gasteiger charge is -2.36. The predicted octanol–water partition coefficient (Wildman–Crippen LogP) is 3.58. The van der Waals surface area contributed by atoms with Crippen molar-refractivity contribution in [2.75, 3.05) is 18.1 Å². The number of rotatable bonds is 7. The first-order valence-electron chi connectivity index (χ1n) is 10.2. The summed E-state index contributed by atoms with van der Waals surface area (Å²) in [6.07, 6.45) is 5.63. The Hall–Kier alpha value is -3.69. The molecule has 1 aromatic carbocycles. The third-order valence-electron chi connectivity index (χ3n) is 5.28. The number of benzene rings is 1. The van der Waals surface area contributed by atoms with E-state index in [-0.39, 0.29) is 31.2 Å². The largest absolute Gasteiger partial charge is 0.490 e. The fraction of sp³-hybridized carbons (Fsp3) is 0.318. The molecule has 1 atom stereocenters. The van der Waals surface area contributed by atoms with E-state index in [0.29, 0.717) is 30.3 Å². The maximum Gasteiger partial charge on any atom is 0.303 e. The normalized spacial score (nSPS) is 15.3. The van der Waals surface area contributed by atoms with Gasteiger partial charge < -0.3 is 14.7 Å². The van der Waals surface area contributed by atoms with Crippen molar-refractivity contribution in [3.63, 3.8) is 0 Å².